The molecule has 2 aromatic rings. The smallest absolute Gasteiger partial charge is 0.172 e. The summed E-state index contributed by atoms with van der Waals surface area (Å²) in [5.41, 5.74) is 2.21. The predicted octanol–water partition coefficient (Wildman–Crippen LogP) is 2.78. The van der Waals surface area contributed by atoms with Gasteiger partial charge in [0.25, 0.3) is 0 Å². The van der Waals surface area contributed by atoms with Gasteiger partial charge < -0.3 is 4.74 Å². The molecule has 0 spiro atoms. The van der Waals surface area contributed by atoms with Crippen LogP contribution in [0.4, 0.5) is 0 Å². The van der Waals surface area contributed by atoms with Crippen LogP contribution in [0.25, 0.3) is 0 Å². The molecule has 0 aliphatic carbocycles. The maximum atomic E-state index is 11.1. The molecule has 0 aliphatic heterocycles. The molecular weight excluding hydrogens is 266 g/mol. The minimum Gasteiger partial charge on any atom is -0.492 e. The molecule has 0 N–H and O–H groups in total. The van der Waals surface area contributed by atoms with Crippen molar-refractivity contribution in [1.82, 2.24) is 15.0 Å². The number of aldehydes is 1. The van der Waals surface area contributed by atoms with Gasteiger partial charge in [0.05, 0.1) is 12.2 Å². The van der Waals surface area contributed by atoms with Crippen LogP contribution in [0.1, 0.15) is 42.5 Å². The Morgan fingerprint density at radius 1 is 1.33 bits per heavy atom. The number of benzene rings is 1. The second kappa shape index (κ2) is 6.08. The van der Waals surface area contributed by atoms with E-state index in [-0.39, 0.29) is 5.41 Å². The van der Waals surface area contributed by atoms with E-state index < -0.39 is 0 Å². The number of carbonyl (C=O) groups excluding carboxylic acids is 1. The van der Waals surface area contributed by atoms with E-state index in [1.807, 2.05) is 52.0 Å². The van der Waals surface area contributed by atoms with Crippen LogP contribution in [0.2, 0.25) is 0 Å². The molecule has 21 heavy (non-hydrogen) atoms. The lowest BCUT2D eigenvalue weighted by Gasteiger charge is -2.20. The number of aryl methyl sites for hydroxylation is 1. The van der Waals surface area contributed by atoms with Crippen molar-refractivity contribution in [3.8, 4) is 5.75 Å². The molecule has 0 fully saturated rings. The minimum absolute atomic E-state index is 0.191. The van der Waals surface area contributed by atoms with E-state index in [9.17, 15) is 4.79 Å². The summed E-state index contributed by atoms with van der Waals surface area (Å²) in [4.78, 5) is 11.1. The number of ether oxygens (including phenoxy) is 1. The second-order valence-corrected chi connectivity index (χ2v) is 6.08. The predicted molar refractivity (Wildman–Crippen MR) is 80.8 cm³/mol. The Morgan fingerprint density at radius 3 is 2.71 bits per heavy atom. The molecule has 1 aromatic carbocycles. The molecule has 5 heteroatoms. The summed E-state index contributed by atoms with van der Waals surface area (Å²) in [6.45, 7) is 9.18. The van der Waals surface area contributed by atoms with Gasteiger partial charge in [-0.3, -0.25) is 4.79 Å². The fourth-order valence-corrected chi connectivity index (χ4v) is 2.29. The maximum absolute atomic E-state index is 11.1. The first-order chi connectivity index (χ1) is 9.91. The zero-order valence-corrected chi connectivity index (χ0v) is 13.0. The molecule has 0 radical (unpaired) electrons. The summed E-state index contributed by atoms with van der Waals surface area (Å²) in [5, 5.41) is 7.99. The Bertz CT molecular complexity index is 627. The lowest BCUT2D eigenvalue weighted by Crippen LogP contribution is -2.22. The average molecular weight is 287 g/mol. The normalized spacial score (nSPS) is 11.4. The third kappa shape index (κ3) is 3.68. The van der Waals surface area contributed by atoms with Gasteiger partial charge >= 0.3 is 0 Å². The Labute approximate surface area is 124 Å². The van der Waals surface area contributed by atoms with E-state index in [0.29, 0.717) is 18.8 Å². The number of aromatic nitrogens is 3. The van der Waals surface area contributed by atoms with E-state index >= 15 is 0 Å². The van der Waals surface area contributed by atoms with E-state index in [4.69, 9.17) is 4.74 Å². The van der Waals surface area contributed by atoms with Crippen molar-refractivity contribution >= 4 is 6.29 Å². The van der Waals surface area contributed by atoms with Gasteiger partial charge in [-0.25, -0.2) is 4.68 Å². The molecule has 1 heterocycles. The molecule has 2 rings (SSSR count). The highest BCUT2D eigenvalue weighted by atomic mass is 16.5. The van der Waals surface area contributed by atoms with Crippen LogP contribution < -0.4 is 4.74 Å². The van der Waals surface area contributed by atoms with E-state index in [0.717, 1.165) is 23.3 Å². The Hall–Kier alpha value is -2.17. The first-order valence-electron chi connectivity index (χ1n) is 7.00. The van der Waals surface area contributed by atoms with Gasteiger partial charge in [0.1, 0.15) is 18.1 Å². The van der Waals surface area contributed by atoms with Crippen LogP contribution in [0.3, 0.4) is 0 Å². The van der Waals surface area contributed by atoms with Crippen LogP contribution in [-0.2, 0) is 12.0 Å². The van der Waals surface area contributed by atoms with Gasteiger partial charge in [-0.2, -0.15) is 0 Å². The van der Waals surface area contributed by atoms with Gasteiger partial charge in [-0.15, -0.1) is 5.10 Å². The fraction of sp³-hybridized carbons (Fsp3) is 0.438. The largest absolute Gasteiger partial charge is 0.492 e. The molecule has 0 saturated carbocycles. The van der Waals surface area contributed by atoms with Crippen LogP contribution >= 0.6 is 0 Å². The summed E-state index contributed by atoms with van der Waals surface area (Å²) in [6, 6.07) is 7.91. The number of hydrogen-bond acceptors (Lipinski definition) is 4. The van der Waals surface area contributed by atoms with Crippen molar-refractivity contribution in [3.05, 3.63) is 41.2 Å². The van der Waals surface area contributed by atoms with Crippen molar-refractivity contribution in [3.63, 3.8) is 0 Å². The Balaban J connectivity index is 2.07. The van der Waals surface area contributed by atoms with Crippen LogP contribution in [-0.4, -0.2) is 27.9 Å². The molecule has 1 aromatic heterocycles. The summed E-state index contributed by atoms with van der Waals surface area (Å²) in [5.74, 6) is 0.836. The maximum Gasteiger partial charge on any atom is 0.172 e. The SMILES string of the molecule is Cc1cccc(OCCn2nnc(C=O)c2C(C)(C)C)c1. The number of rotatable bonds is 5. The van der Waals surface area contributed by atoms with Crippen LogP contribution in [0.5, 0.6) is 5.75 Å². The summed E-state index contributed by atoms with van der Waals surface area (Å²) < 4.78 is 7.47. The first kappa shape index (κ1) is 15.2. The molecule has 0 unspecified atom stereocenters. The Morgan fingerprint density at radius 2 is 2.10 bits per heavy atom. The van der Waals surface area contributed by atoms with E-state index in [1.165, 1.54) is 0 Å². The summed E-state index contributed by atoms with van der Waals surface area (Å²) in [7, 11) is 0. The molecular formula is C16H21N3O2. The standard InChI is InChI=1S/C16H21N3O2/c1-12-6-5-7-13(10-12)21-9-8-19-15(16(2,3)4)14(11-20)17-18-19/h5-7,10-11H,8-9H2,1-4H3. The zero-order chi connectivity index (χ0) is 15.5. The number of hydrogen-bond donors (Lipinski definition) is 0. The van der Waals surface area contributed by atoms with E-state index in [1.54, 1.807) is 4.68 Å². The topological polar surface area (TPSA) is 57.0 Å². The highest BCUT2D eigenvalue weighted by Gasteiger charge is 2.24. The van der Waals surface area contributed by atoms with E-state index in [2.05, 4.69) is 10.3 Å². The lowest BCUT2D eigenvalue weighted by molar-refractivity contribution is 0.111. The molecule has 0 saturated heterocycles. The molecule has 0 atom stereocenters. The fourth-order valence-electron chi connectivity index (χ4n) is 2.29. The van der Waals surface area contributed by atoms with Gasteiger partial charge in [0, 0.05) is 5.41 Å². The molecule has 0 bridgehead atoms. The monoisotopic (exact) mass is 287 g/mol. The van der Waals surface area contributed by atoms with Crippen molar-refractivity contribution < 1.29 is 9.53 Å². The van der Waals surface area contributed by atoms with Gasteiger partial charge in [0.2, 0.25) is 0 Å². The number of carbonyl (C=O) groups is 1. The quantitative estimate of drug-likeness (QED) is 0.793. The van der Waals surface area contributed by atoms with Gasteiger partial charge in [-0.05, 0) is 24.6 Å². The van der Waals surface area contributed by atoms with Crippen molar-refractivity contribution in [2.24, 2.45) is 0 Å². The third-order valence-electron chi connectivity index (χ3n) is 3.14. The van der Waals surface area contributed by atoms with Crippen molar-refractivity contribution in [2.75, 3.05) is 6.61 Å². The van der Waals surface area contributed by atoms with Gasteiger partial charge in [0.15, 0.2) is 6.29 Å². The second-order valence-electron chi connectivity index (χ2n) is 6.08. The van der Waals surface area contributed by atoms with Gasteiger partial charge in [-0.1, -0.05) is 38.1 Å². The molecule has 112 valence electrons. The molecule has 0 aliphatic rings. The zero-order valence-electron chi connectivity index (χ0n) is 13.0. The first-order valence-corrected chi connectivity index (χ1v) is 7.00. The van der Waals surface area contributed by atoms with Crippen LogP contribution in [0.15, 0.2) is 24.3 Å². The Kier molecular flexibility index (Phi) is 4.40. The summed E-state index contributed by atoms with van der Waals surface area (Å²) in [6.07, 6.45) is 0.755. The summed E-state index contributed by atoms with van der Waals surface area (Å²) >= 11 is 0. The highest BCUT2D eigenvalue weighted by Crippen LogP contribution is 2.23. The molecule has 0 amide bonds. The number of nitrogens with zero attached hydrogens (tertiary/aromatic N) is 3. The van der Waals surface area contributed by atoms with Crippen LogP contribution in [0, 0.1) is 6.92 Å². The molecule has 5 nitrogen and oxygen atoms in total. The lowest BCUT2D eigenvalue weighted by atomic mass is 9.90. The van der Waals surface area contributed by atoms with Crippen molar-refractivity contribution in [2.45, 2.75) is 39.7 Å². The third-order valence-corrected chi connectivity index (χ3v) is 3.14. The average Bonchev–Trinajstić information content (AvgIpc) is 2.82. The van der Waals surface area contributed by atoms with Crippen molar-refractivity contribution in [1.29, 1.82) is 0 Å². The highest BCUT2D eigenvalue weighted by molar-refractivity contribution is 5.73. The minimum atomic E-state index is -0.191.